The second kappa shape index (κ2) is 6.95. The van der Waals surface area contributed by atoms with Gasteiger partial charge in [0.1, 0.15) is 11.4 Å². The van der Waals surface area contributed by atoms with Crippen molar-refractivity contribution in [3.63, 3.8) is 0 Å². The Kier molecular flexibility index (Phi) is 5.00. The van der Waals surface area contributed by atoms with Crippen LogP contribution >= 0.6 is 11.3 Å². The van der Waals surface area contributed by atoms with Crippen molar-refractivity contribution in [2.45, 2.75) is 13.0 Å². The van der Waals surface area contributed by atoms with Crippen molar-refractivity contribution in [1.82, 2.24) is 10.3 Å². The van der Waals surface area contributed by atoms with E-state index in [1.807, 2.05) is 0 Å². The summed E-state index contributed by atoms with van der Waals surface area (Å²) in [4.78, 5) is 15.5. The van der Waals surface area contributed by atoms with Gasteiger partial charge in [0, 0.05) is 11.9 Å². The molecule has 1 aromatic heterocycles. The highest BCUT2D eigenvalue weighted by Crippen LogP contribution is 2.15. The molecule has 0 radical (unpaired) electrons. The zero-order valence-electron chi connectivity index (χ0n) is 10.4. The average Bonchev–Trinajstić information content (AvgIpc) is 2.94. The first-order valence-corrected chi connectivity index (χ1v) is 6.79. The van der Waals surface area contributed by atoms with E-state index >= 15 is 0 Å². The number of thiazole rings is 1. The number of aromatic nitrogens is 1. The molecule has 0 bridgehead atoms. The summed E-state index contributed by atoms with van der Waals surface area (Å²) in [7, 11) is 0. The summed E-state index contributed by atoms with van der Waals surface area (Å²) in [6.07, 6.45) is 0.602. The van der Waals surface area contributed by atoms with E-state index in [1.54, 1.807) is 23.0 Å². The van der Waals surface area contributed by atoms with Gasteiger partial charge in [-0.2, -0.15) is 8.78 Å². The molecule has 2 rings (SSSR count). The predicted octanol–water partition coefficient (Wildman–Crippen LogP) is 2.72. The zero-order chi connectivity index (χ0) is 14.4. The van der Waals surface area contributed by atoms with Gasteiger partial charge in [-0.05, 0) is 24.1 Å². The first-order chi connectivity index (χ1) is 9.65. The number of halogens is 2. The Balaban J connectivity index is 1.78. The highest BCUT2D eigenvalue weighted by atomic mass is 32.1. The van der Waals surface area contributed by atoms with Gasteiger partial charge in [-0.25, -0.2) is 4.98 Å². The highest BCUT2D eigenvalue weighted by molar-refractivity contribution is 7.07. The smallest absolute Gasteiger partial charge is 0.387 e. The van der Waals surface area contributed by atoms with Gasteiger partial charge in [0.05, 0.1) is 5.51 Å². The van der Waals surface area contributed by atoms with Crippen molar-refractivity contribution in [1.29, 1.82) is 0 Å². The number of amides is 1. The highest BCUT2D eigenvalue weighted by Gasteiger charge is 2.07. The van der Waals surface area contributed by atoms with Crippen LogP contribution in [0, 0.1) is 0 Å². The van der Waals surface area contributed by atoms with Crippen LogP contribution in [0.4, 0.5) is 8.78 Å². The maximum Gasteiger partial charge on any atom is 0.387 e. The molecule has 106 valence electrons. The first kappa shape index (κ1) is 14.4. The van der Waals surface area contributed by atoms with Crippen LogP contribution in [-0.2, 0) is 6.42 Å². The number of benzene rings is 1. The van der Waals surface area contributed by atoms with Crippen LogP contribution in [0.25, 0.3) is 0 Å². The van der Waals surface area contributed by atoms with Crippen LogP contribution in [0.15, 0.2) is 35.2 Å². The molecule has 1 heterocycles. The number of ether oxygens (including phenoxy) is 1. The topological polar surface area (TPSA) is 51.2 Å². The van der Waals surface area contributed by atoms with Crippen LogP contribution in [-0.4, -0.2) is 24.0 Å². The van der Waals surface area contributed by atoms with Crippen LogP contribution in [0.2, 0.25) is 0 Å². The lowest BCUT2D eigenvalue weighted by atomic mass is 10.1. The Morgan fingerprint density at radius 1 is 1.35 bits per heavy atom. The molecule has 2 aromatic rings. The maximum atomic E-state index is 12.0. The summed E-state index contributed by atoms with van der Waals surface area (Å²) in [6, 6.07) is 6.33. The average molecular weight is 298 g/mol. The molecular formula is C13H12F2N2O2S. The molecule has 1 aromatic carbocycles. The van der Waals surface area contributed by atoms with Gasteiger partial charge >= 0.3 is 6.61 Å². The summed E-state index contributed by atoms with van der Waals surface area (Å²) in [5, 5.41) is 4.41. The van der Waals surface area contributed by atoms with Crippen molar-refractivity contribution >= 4 is 17.2 Å². The number of nitrogens with zero attached hydrogens (tertiary/aromatic N) is 1. The van der Waals surface area contributed by atoms with E-state index in [0.29, 0.717) is 18.7 Å². The molecule has 0 unspecified atom stereocenters. The van der Waals surface area contributed by atoms with Crippen LogP contribution in [0.1, 0.15) is 16.1 Å². The molecule has 0 saturated carbocycles. The molecule has 0 aliphatic carbocycles. The lowest BCUT2D eigenvalue weighted by Gasteiger charge is -2.06. The fourth-order valence-electron chi connectivity index (χ4n) is 1.57. The van der Waals surface area contributed by atoms with Gasteiger partial charge in [-0.3, -0.25) is 4.79 Å². The van der Waals surface area contributed by atoms with Gasteiger partial charge in [0.25, 0.3) is 5.91 Å². The van der Waals surface area contributed by atoms with Crippen molar-refractivity contribution in [2.75, 3.05) is 6.54 Å². The molecule has 7 heteroatoms. The predicted molar refractivity (Wildman–Crippen MR) is 71.2 cm³/mol. The van der Waals surface area contributed by atoms with E-state index < -0.39 is 6.61 Å². The minimum absolute atomic E-state index is 0.121. The number of hydrogen-bond donors (Lipinski definition) is 1. The fourth-order valence-corrected chi connectivity index (χ4v) is 2.11. The van der Waals surface area contributed by atoms with Gasteiger partial charge in [-0.15, -0.1) is 11.3 Å². The van der Waals surface area contributed by atoms with Crippen molar-refractivity contribution in [2.24, 2.45) is 0 Å². The van der Waals surface area contributed by atoms with Crippen LogP contribution in [0.3, 0.4) is 0 Å². The van der Waals surface area contributed by atoms with Crippen LogP contribution < -0.4 is 10.1 Å². The van der Waals surface area contributed by atoms with Gasteiger partial charge < -0.3 is 10.1 Å². The minimum atomic E-state index is -2.82. The zero-order valence-corrected chi connectivity index (χ0v) is 11.2. The summed E-state index contributed by atoms with van der Waals surface area (Å²) in [5.74, 6) is -0.0980. The monoisotopic (exact) mass is 298 g/mol. The Morgan fingerprint density at radius 2 is 2.10 bits per heavy atom. The molecule has 0 saturated heterocycles. The number of rotatable bonds is 6. The Bertz CT molecular complexity index is 544. The minimum Gasteiger partial charge on any atom is -0.435 e. The SMILES string of the molecule is O=C(NCCc1ccc(OC(F)F)cc1)c1cscn1. The van der Waals surface area contributed by atoms with Gasteiger partial charge in [0.15, 0.2) is 0 Å². The van der Waals surface area contributed by atoms with E-state index in [-0.39, 0.29) is 11.7 Å². The normalized spacial score (nSPS) is 10.6. The van der Waals surface area contributed by atoms with Crippen molar-refractivity contribution in [3.8, 4) is 5.75 Å². The number of alkyl halides is 2. The quantitative estimate of drug-likeness (QED) is 0.892. The second-order valence-corrected chi connectivity index (χ2v) is 4.62. The largest absolute Gasteiger partial charge is 0.435 e. The summed E-state index contributed by atoms with van der Waals surface area (Å²) in [5.41, 5.74) is 2.91. The van der Waals surface area contributed by atoms with Crippen molar-refractivity contribution < 1.29 is 18.3 Å². The molecule has 0 fully saturated rings. The van der Waals surface area contributed by atoms with Gasteiger partial charge in [0.2, 0.25) is 0 Å². The van der Waals surface area contributed by atoms with E-state index in [1.165, 1.54) is 23.5 Å². The summed E-state index contributed by atoms with van der Waals surface area (Å²) >= 11 is 1.36. The Labute approximate surface area is 118 Å². The molecule has 0 spiro atoms. The molecular weight excluding hydrogens is 286 g/mol. The Morgan fingerprint density at radius 3 is 2.70 bits per heavy atom. The van der Waals surface area contributed by atoms with Crippen molar-refractivity contribution in [3.05, 3.63) is 46.4 Å². The lowest BCUT2D eigenvalue weighted by molar-refractivity contribution is -0.0498. The molecule has 0 aliphatic heterocycles. The number of nitrogens with one attached hydrogen (secondary N) is 1. The van der Waals surface area contributed by atoms with E-state index in [0.717, 1.165) is 5.56 Å². The molecule has 4 nitrogen and oxygen atoms in total. The molecule has 20 heavy (non-hydrogen) atoms. The standard InChI is InChI=1S/C13H12F2N2O2S/c14-13(15)19-10-3-1-9(2-4-10)5-6-16-12(18)11-7-20-8-17-11/h1-4,7-8,13H,5-6H2,(H,16,18). The van der Waals surface area contributed by atoms with E-state index in [9.17, 15) is 13.6 Å². The fraction of sp³-hybridized carbons (Fsp3) is 0.231. The second-order valence-electron chi connectivity index (χ2n) is 3.90. The third-order valence-corrected chi connectivity index (χ3v) is 3.10. The molecule has 0 aliphatic rings. The maximum absolute atomic E-state index is 12.0. The third-order valence-electron chi connectivity index (χ3n) is 2.51. The molecule has 1 amide bonds. The first-order valence-electron chi connectivity index (χ1n) is 5.85. The number of hydrogen-bond acceptors (Lipinski definition) is 4. The molecule has 1 N–H and O–H groups in total. The number of carbonyl (C=O) groups excluding carboxylic acids is 1. The summed E-state index contributed by atoms with van der Waals surface area (Å²) in [6.45, 7) is -2.37. The number of carbonyl (C=O) groups is 1. The third kappa shape index (κ3) is 4.27. The van der Waals surface area contributed by atoms with Crippen LogP contribution in [0.5, 0.6) is 5.75 Å². The molecule has 0 atom stereocenters. The van der Waals surface area contributed by atoms with E-state index in [4.69, 9.17) is 0 Å². The van der Waals surface area contributed by atoms with Gasteiger partial charge in [-0.1, -0.05) is 12.1 Å². The lowest BCUT2D eigenvalue weighted by Crippen LogP contribution is -2.25. The summed E-state index contributed by atoms with van der Waals surface area (Å²) < 4.78 is 28.2. The van der Waals surface area contributed by atoms with E-state index in [2.05, 4.69) is 15.0 Å². The Hall–Kier alpha value is -2.02.